The summed E-state index contributed by atoms with van der Waals surface area (Å²) < 4.78 is 5.53. The van der Waals surface area contributed by atoms with Crippen LogP contribution in [0.4, 0.5) is 11.7 Å². The molecule has 0 aliphatic carbocycles. The zero-order chi connectivity index (χ0) is 13.9. The minimum Gasteiger partial charge on any atom is -0.424 e. The molecule has 1 saturated heterocycles. The number of nitrogens with one attached hydrogen (secondary N) is 2. The van der Waals surface area contributed by atoms with Crippen molar-refractivity contribution in [2.75, 3.05) is 25.0 Å². The molecule has 1 aliphatic rings. The van der Waals surface area contributed by atoms with E-state index in [2.05, 4.69) is 15.6 Å². The third-order valence-electron chi connectivity index (χ3n) is 3.52. The van der Waals surface area contributed by atoms with Crippen LogP contribution < -0.4 is 10.6 Å². The van der Waals surface area contributed by atoms with Crippen LogP contribution in [-0.2, 0) is 0 Å². The highest BCUT2D eigenvalue weighted by molar-refractivity contribution is 5.77. The van der Waals surface area contributed by atoms with E-state index in [0.29, 0.717) is 23.0 Å². The highest BCUT2D eigenvalue weighted by Crippen LogP contribution is 2.23. The Bertz CT molecular complexity index is 619. The van der Waals surface area contributed by atoms with Crippen molar-refractivity contribution in [2.45, 2.75) is 12.8 Å². The van der Waals surface area contributed by atoms with E-state index in [-0.39, 0.29) is 5.69 Å². The number of oxazole rings is 1. The summed E-state index contributed by atoms with van der Waals surface area (Å²) in [7, 11) is 0. The Labute approximate surface area is 115 Å². The lowest BCUT2D eigenvalue weighted by Gasteiger charge is -2.22. The summed E-state index contributed by atoms with van der Waals surface area (Å²) >= 11 is 0. The standard InChI is InChI=1S/C13H16N4O3/c18-17(19)10-3-4-12-11(6-10)16-13(20-12)15-8-9-2-1-5-14-7-9/h3-4,6,9,14H,1-2,5,7-8H2,(H,15,16)/t9-/m0/s1. The fourth-order valence-corrected chi connectivity index (χ4v) is 2.43. The van der Waals surface area contributed by atoms with Crippen molar-refractivity contribution < 1.29 is 9.34 Å². The van der Waals surface area contributed by atoms with Gasteiger partial charge in [-0.3, -0.25) is 10.1 Å². The number of hydrogen-bond acceptors (Lipinski definition) is 6. The topological polar surface area (TPSA) is 93.2 Å². The van der Waals surface area contributed by atoms with Gasteiger partial charge in [0.2, 0.25) is 0 Å². The molecule has 0 spiro atoms. The number of aromatic nitrogens is 1. The lowest BCUT2D eigenvalue weighted by Crippen LogP contribution is -2.33. The van der Waals surface area contributed by atoms with E-state index in [1.165, 1.54) is 25.0 Å². The molecule has 0 amide bonds. The van der Waals surface area contributed by atoms with Gasteiger partial charge in [-0.05, 0) is 37.9 Å². The first-order valence-electron chi connectivity index (χ1n) is 6.72. The van der Waals surface area contributed by atoms with E-state index in [0.717, 1.165) is 19.6 Å². The number of benzene rings is 1. The average Bonchev–Trinajstić information content (AvgIpc) is 2.88. The molecule has 2 aromatic rings. The number of nitrogens with zero attached hydrogens (tertiary/aromatic N) is 2. The van der Waals surface area contributed by atoms with Gasteiger partial charge in [-0.1, -0.05) is 0 Å². The molecule has 1 atom stereocenters. The second-order valence-electron chi connectivity index (χ2n) is 5.02. The maximum atomic E-state index is 10.7. The summed E-state index contributed by atoms with van der Waals surface area (Å²) in [5.41, 5.74) is 1.08. The Morgan fingerprint density at radius 2 is 2.45 bits per heavy atom. The molecular weight excluding hydrogens is 260 g/mol. The number of nitro groups is 1. The molecule has 0 radical (unpaired) electrons. The van der Waals surface area contributed by atoms with E-state index < -0.39 is 4.92 Å². The van der Waals surface area contributed by atoms with Crippen LogP contribution >= 0.6 is 0 Å². The van der Waals surface area contributed by atoms with E-state index in [9.17, 15) is 10.1 Å². The number of rotatable bonds is 4. The van der Waals surface area contributed by atoms with Gasteiger partial charge in [0.15, 0.2) is 5.58 Å². The van der Waals surface area contributed by atoms with E-state index in [1.807, 2.05) is 0 Å². The van der Waals surface area contributed by atoms with Crippen LogP contribution in [0.3, 0.4) is 0 Å². The molecule has 2 N–H and O–H groups in total. The molecule has 7 heteroatoms. The summed E-state index contributed by atoms with van der Waals surface area (Å²) in [5, 5.41) is 17.2. The zero-order valence-electron chi connectivity index (χ0n) is 11.0. The third-order valence-corrected chi connectivity index (χ3v) is 3.52. The fourth-order valence-electron chi connectivity index (χ4n) is 2.43. The number of non-ortho nitro benzene ring substituents is 1. The number of nitro benzene ring substituents is 1. The van der Waals surface area contributed by atoms with Gasteiger partial charge in [-0.25, -0.2) is 0 Å². The number of anilines is 1. The van der Waals surface area contributed by atoms with Crippen molar-refractivity contribution in [1.82, 2.24) is 10.3 Å². The quantitative estimate of drug-likeness (QED) is 0.656. The van der Waals surface area contributed by atoms with Gasteiger partial charge in [0, 0.05) is 18.7 Å². The summed E-state index contributed by atoms with van der Waals surface area (Å²) in [4.78, 5) is 14.5. The van der Waals surface area contributed by atoms with Crippen molar-refractivity contribution in [3.8, 4) is 0 Å². The summed E-state index contributed by atoms with van der Waals surface area (Å²) in [6.07, 6.45) is 2.37. The number of hydrogen-bond donors (Lipinski definition) is 2. The predicted molar refractivity (Wildman–Crippen MR) is 74.7 cm³/mol. The molecule has 0 saturated carbocycles. The number of piperidine rings is 1. The fraction of sp³-hybridized carbons (Fsp3) is 0.462. The summed E-state index contributed by atoms with van der Waals surface area (Å²) in [6.45, 7) is 2.88. The van der Waals surface area contributed by atoms with Crippen LogP contribution in [0.15, 0.2) is 22.6 Å². The van der Waals surface area contributed by atoms with Gasteiger partial charge in [0.25, 0.3) is 11.7 Å². The van der Waals surface area contributed by atoms with Crippen LogP contribution in [0.25, 0.3) is 11.1 Å². The van der Waals surface area contributed by atoms with Gasteiger partial charge in [0.1, 0.15) is 5.52 Å². The predicted octanol–water partition coefficient (Wildman–Crippen LogP) is 2.15. The molecule has 0 unspecified atom stereocenters. The molecule has 1 fully saturated rings. The Morgan fingerprint density at radius 3 is 3.20 bits per heavy atom. The average molecular weight is 276 g/mol. The normalized spacial score (nSPS) is 19.1. The van der Waals surface area contributed by atoms with Gasteiger partial charge in [-0.2, -0.15) is 4.98 Å². The minimum atomic E-state index is -0.436. The molecule has 20 heavy (non-hydrogen) atoms. The highest BCUT2D eigenvalue weighted by atomic mass is 16.6. The number of fused-ring (bicyclic) bond motifs is 1. The molecule has 3 rings (SSSR count). The zero-order valence-corrected chi connectivity index (χ0v) is 11.0. The maximum Gasteiger partial charge on any atom is 0.295 e. The van der Waals surface area contributed by atoms with Crippen LogP contribution in [0.1, 0.15) is 12.8 Å². The van der Waals surface area contributed by atoms with Crippen molar-refractivity contribution in [3.63, 3.8) is 0 Å². The molecule has 1 aromatic heterocycles. The maximum absolute atomic E-state index is 10.7. The Hall–Kier alpha value is -2.15. The molecule has 106 valence electrons. The Morgan fingerprint density at radius 1 is 1.55 bits per heavy atom. The molecule has 7 nitrogen and oxygen atoms in total. The second kappa shape index (κ2) is 5.46. The van der Waals surface area contributed by atoms with E-state index in [4.69, 9.17) is 4.42 Å². The van der Waals surface area contributed by atoms with Gasteiger partial charge in [0.05, 0.1) is 4.92 Å². The highest BCUT2D eigenvalue weighted by Gasteiger charge is 2.15. The minimum absolute atomic E-state index is 0.0221. The van der Waals surface area contributed by atoms with Crippen molar-refractivity contribution >= 4 is 22.8 Å². The monoisotopic (exact) mass is 276 g/mol. The Kier molecular flexibility index (Phi) is 3.51. The van der Waals surface area contributed by atoms with Crippen LogP contribution in [0.5, 0.6) is 0 Å². The van der Waals surface area contributed by atoms with Gasteiger partial charge < -0.3 is 15.1 Å². The van der Waals surface area contributed by atoms with E-state index >= 15 is 0 Å². The molecule has 0 bridgehead atoms. The third kappa shape index (κ3) is 2.72. The van der Waals surface area contributed by atoms with Crippen molar-refractivity contribution in [3.05, 3.63) is 28.3 Å². The first-order chi connectivity index (χ1) is 9.72. The van der Waals surface area contributed by atoms with Crippen molar-refractivity contribution in [2.24, 2.45) is 5.92 Å². The first kappa shape index (κ1) is 12.9. The van der Waals surface area contributed by atoms with Crippen LogP contribution in [0, 0.1) is 16.0 Å². The summed E-state index contributed by atoms with van der Waals surface area (Å²) in [6, 6.07) is 4.84. The Balaban J connectivity index is 1.70. The largest absolute Gasteiger partial charge is 0.424 e. The molecule has 1 aliphatic heterocycles. The van der Waals surface area contributed by atoms with E-state index in [1.54, 1.807) is 6.07 Å². The lowest BCUT2D eigenvalue weighted by atomic mass is 10.00. The van der Waals surface area contributed by atoms with Gasteiger partial charge >= 0.3 is 0 Å². The molecule has 1 aromatic carbocycles. The first-order valence-corrected chi connectivity index (χ1v) is 6.72. The molecule has 2 heterocycles. The lowest BCUT2D eigenvalue weighted by molar-refractivity contribution is -0.384. The summed E-state index contributed by atoms with van der Waals surface area (Å²) in [5.74, 6) is 0.563. The van der Waals surface area contributed by atoms with Crippen molar-refractivity contribution in [1.29, 1.82) is 0 Å². The van der Waals surface area contributed by atoms with Crippen LogP contribution in [-0.4, -0.2) is 29.5 Å². The van der Waals surface area contributed by atoms with Crippen LogP contribution in [0.2, 0.25) is 0 Å². The smallest absolute Gasteiger partial charge is 0.295 e. The van der Waals surface area contributed by atoms with Gasteiger partial charge in [-0.15, -0.1) is 0 Å². The SMILES string of the molecule is O=[N+]([O-])c1ccc2oc(NC[C@H]3CCCNC3)nc2c1. The second-order valence-corrected chi connectivity index (χ2v) is 5.02. The molecular formula is C13H16N4O3.